The van der Waals surface area contributed by atoms with E-state index in [0.717, 1.165) is 43.6 Å². The second-order valence-electron chi connectivity index (χ2n) is 6.16. The maximum absolute atomic E-state index is 12.0. The summed E-state index contributed by atoms with van der Waals surface area (Å²) in [5.74, 6) is 0. The van der Waals surface area contributed by atoms with Crippen LogP contribution in [0.5, 0.6) is 0 Å². The highest BCUT2D eigenvalue weighted by Gasteiger charge is 2.29. The van der Waals surface area contributed by atoms with Crippen LogP contribution >= 0.6 is 0 Å². The zero-order chi connectivity index (χ0) is 16.0. The number of hydrogen-bond acceptors (Lipinski definition) is 3. The van der Waals surface area contributed by atoms with Crippen LogP contribution in [0.15, 0.2) is 24.3 Å². The van der Waals surface area contributed by atoms with Crippen molar-refractivity contribution in [2.45, 2.75) is 44.6 Å². The summed E-state index contributed by atoms with van der Waals surface area (Å²) in [6.07, 6.45) is 4.77. The van der Waals surface area contributed by atoms with Gasteiger partial charge in [-0.05, 0) is 38.0 Å². The zero-order valence-corrected chi connectivity index (χ0v) is 13.6. The number of rotatable bonds is 5. The molecule has 1 aromatic rings. The van der Waals surface area contributed by atoms with E-state index in [2.05, 4.69) is 22.5 Å². The second kappa shape index (κ2) is 7.49. The first-order valence-electron chi connectivity index (χ1n) is 8.11. The standard InChI is InChI=1S/C17H27N3O2/c1-3-20(2)15-9-7-8-14(12-15)19-16(21)18-13-17(22)10-5-4-6-11-17/h7-9,12,22H,3-6,10-11,13H2,1-2H3,(H2,18,19,21). The molecule has 0 bridgehead atoms. The van der Waals surface area contributed by atoms with Crippen LogP contribution in [0.1, 0.15) is 39.0 Å². The minimum Gasteiger partial charge on any atom is -0.388 e. The molecule has 122 valence electrons. The lowest BCUT2D eigenvalue weighted by Crippen LogP contribution is -2.45. The van der Waals surface area contributed by atoms with E-state index in [1.165, 1.54) is 6.42 Å². The maximum Gasteiger partial charge on any atom is 0.319 e. The summed E-state index contributed by atoms with van der Waals surface area (Å²) in [7, 11) is 2.01. The van der Waals surface area contributed by atoms with Crippen LogP contribution in [0.25, 0.3) is 0 Å². The molecule has 0 atom stereocenters. The molecule has 5 nitrogen and oxygen atoms in total. The summed E-state index contributed by atoms with van der Waals surface area (Å²) in [6.45, 7) is 3.30. The van der Waals surface area contributed by atoms with Crippen LogP contribution in [-0.2, 0) is 0 Å². The highest BCUT2D eigenvalue weighted by Crippen LogP contribution is 2.27. The Morgan fingerprint density at radius 2 is 2.05 bits per heavy atom. The van der Waals surface area contributed by atoms with Crippen molar-refractivity contribution in [2.24, 2.45) is 0 Å². The zero-order valence-electron chi connectivity index (χ0n) is 13.6. The maximum atomic E-state index is 12.0. The van der Waals surface area contributed by atoms with Gasteiger partial charge in [-0.3, -0.25) is 0 Å². The minimum atomic E-state index is -0.736. The molecule has 1 aromatic carbocycles. The van der Waals surface area contributed by atoms with Crippen molar-refractivity contribution < 1.29 is 9.90 Å². The third kappa shape index (κ3) is 4.63. The lowest BCUT2D eigenvalue weighted by atomic mass is 9.85. The molecular formula is C17H27N3O2. The minimum absolute atomic E-state index is 0.268. The van der Waals surface area contributed by atoms with E-state index < -0.39 is 5.60 Å². The summed E-state index contributed by atoms with van der Waals surface area (Å²) >= 11 is 0. The molecule has 1 fully saturated rings. The molecule has 1 saturated carbocycles. The molecule has 0 saturated heterocycles. The van der Waals surface area contributed by atoms with Crippen molar-refractivity contribution >= 4 is 17.4 Å². The molecule has 0 spiro atoms. The van der Waals surface area contributed by atoms with E-state index in [1.807, 2.05) is 31.3 Å². The van der Waals surface area contributed by atoms with Gasteiger partial charge in [-0.2, -0.15) is 0 Å². The average Bonchev–Trinajstić information content (AvgIpc) is 2.53. The Kier molecular flexibility index (Phi) is 5.66. The van der Waals surface area contributed by atoms with Crippen LogP contribution < -0.4 is 15.5 Å². The van der Waals surface area contributed by atoms with Gasteiger partial charge in [0.2, 0.25) is 0 Å². The number of hydrogen-bond donors (Lipinski definition) is 3. The summed E-state index contributed by atoms with van der Waals surface area (Å²) in [5.41, 5.74) is 1.08. The quantitative estimate of drug-likeness (QED) is 0.783. The van der Waals surface area contributed by atoms with Gasteiger partial charge in [0.25, 0.3) is 0 Å². The lowest BCUT2D eigenvalue weighted by Gasteiger charge is -2.32. The van der Waals surface area contributed by atoms with Crippen LogP contribution in [-0.4, -0.2) is 36.9 Å². The fraction of sp³-hybridized carbons (Fsp3) is 0.588. The van der Waals surface area contributed by atoms with E-state index in [-0.39, 0.29) is 6.03 Å². The summed E-state index contributed by atoms with van der Waals surface area (Å²) in [5, 5.41) is 16.0. The number of nitrogens with one attached hydrogen (secondary N) is 2. The fourth-order valence-corrected chi connectivity index (χ4v) is 2.81. The van der Waals surface area contributed by atoms with Crippen molar-refractivity contribution in [3.05, 3.63) is 24.3 Å². The predicted molar refractivity (Wildman–Crippen MR) is 90.4 cm³/mol. The summed E-state index contributed by atoms with van der Waals surface area (Å²) in [6, 6.07) is 7.47. The third-order valence-electron chi connectivity index (χ3n) is 4.38. The first-order chi connectivity index (χ1) is 10.5. The van der Waals surface area contributed by atoms with Crippen LogP contribution in [0.4, 0.5) is 16.2 Å². The Morgan fingerprint density at radius 3 is 2.73 bits per heavy atom. The predicted octanol–water partition coefficient (Wildman–Crippen LogP) is 2.96. The molecule has 2 rings (SSSR count). The molecule has 0 aromatic heterocycles. The highest BCUT2D eigenvalue weighted by molar-refractivity contribution is 5.89. The van der Waals surface area contributed by atoms with Gasteiger partial charge in [0.05, 0.1) is 5.60 Å². The lowest BCUT2D eigenvalue weighted by molar-refractivity contribution is 0.00755. The van der Waals surface area contributed by atoms with Gasteiger partial charge >= 0.3 is 6.03 Å². The van der Waals surface area contributed by atoms with Crippen molar-refractivity contribution in [3.8, 4) is 0 Å². The Balaban J connectivity index is 1.86. The van der Waals surface area contributed by atoms with Crippen molar-refractivity contribution in [1.82, 2.24) is 5.32 Å². The molecule has 22 heavy (non-hydrogen) atoms. The number of nitrogens with zero attached hydrogens (tertiary/aromatic N) is 1. The number of aliphatic hydroxyl groups is 1. The van der Waals surface area contributed by atoms with Gasteiger partial charge in [-0.25, -0.2) is 4.79 Å². The monoisotopic (exact) mass is 305 g/mol. The van der Waals surface area contributed by atoms with Crippen LogP contribution in [0, 0.1) is 0 Å². The topological polar surface area (TPSA) is 64.6 Å². The first kappa shape index (κ1) is 16.6. The Bertz CT molecular complexity index is 498. The molecule has 0 heterocycles. The van der Waals surface area contributed by atoms with Gasteiger partial charge in [-0.1, -0.05) is 25.3 Å². The van der Waals surface area contributed by atoms with E-state index in [0.29, 0.717) is 6.54 Å². The Morgan fingerprint density at radius 1 is 1.32 bits per heavy atom. The van der Waals surface area contributed by atoms with E-state index in [1.54, 1.807) is 0 Å². The highest BCUT2D eigenvalue weighted by atomic mass is 16.3. The number of amides is 2. The fourth-order valence-electron chi connectivity index (χ4n) is 2.81. The molecule has 2 amide bonds. The summed E-state index contributed by atoms with van der Waals surface area (Å²) < 4.78 is 0. The van der Waals surface area contributed by atoms with Gasteiger partial charge in [0.1, 0.15) is 0 Å². The van der Waals surface area contributed by atoms with Crippen LogP contribution in [0.2, 0.25) is 0 Å². The van der Waals surface area contributed by atoms with Gasteiger partial charge < -0.3 is 20.6 Å². The number of anilines is 2. The summed E-state index contributed by atoms with van der Waals surface area (Å²) in [4.78, 5) is 14.1. The number of carbonyl (C=O) groups excluding carboxylic acids is 1. The van der Waals surface area contributed by atoms with Crippen LogP contribution in [0.3, 0.4) is 0 Å². The average molecular weight is 305 g/mol. The molecule has 0 unspecified atom stereocenters. The van der Waals surface area contributed by atoms with Crippen molar-refractivity contribution in [3.63, 3.8) is 0 Å². The molecule has 0 aliphatic heterocycles. The Hall–Kier alpha value is -1.75. The second-order valence-corrected chi connectivity index (χ2v) is 6.16. The van der Waals surface area contributed by atoms with E-state index in [9.17, 15) is 9.90 Å². The van der Waals surface area contributed by atoms with Gasteiger partial charge in [0.15, 0.2) is 0 Å². The molecule has 5 heteroatoms. The number of carbonyl (C=O) groups is 1. The smallest absolute Gasteiger partial charge is 0.319 e. The molecular weight excluding hydrogens is 278 g/mol. The van der Waals surface area contributed by atoms with Crippen molar-refractivity contribution in [2.75, 3.05) is 30.4 Å². The van der Waals surface area contributed by atoms with Gasteiger partial charge in [-0.15, -0.1) is 0 Å². The number of benzene rings is 1. The SMILES string of the molecule is CCN(C)c1cccc(NC(=O)NCC2(O)CCCCC2)c1. The third-order valence-corrected chi connectivity index (χ3v) is 4.38. The van der Waals surface area contributed by atoms with Gasteiger partial charge in [0, 0.05) is 31.5 Å². The first-order valence-corrected chi connectivity index (χ1v) is 8.11. The van der Waals surface area contributed by atoms with Crippen molar-refractivity contribution in [1.29, 1.82) is 0 Å². The molecule has 0 radical (unpaired) electrons. The molecule has 1 aliphatic carbocycles. The normalized spacial score (nSPS) is 16.9. The van der Waals surface area contributed by atoms with E-state index in [4.69, 9.17) is 0 Å². The number of urea groups is 1. The molecule has 1 aliphatic rings. The largest absolute Gasteiger partial charge is 0.388 e. The van der Waals surface area contributed by atoms with E-state index >= 15 is 0 Å². The Labute approximate surface area is 132 Å². The molecule has 3 N–H and O–H groups in total.